The zero-order chi connectivity index (χ0) is 16.9. The lowest BCUT2D eigenvalue weighted by Gasteiger charge is -2.35. The van der Waals surface area contributed by atoms with Gasteiger partial charge in [-0.05, 0) is 44.1 Å². The minimum Gasteiger partial charge on any atom is -0.367 e. The molecule has 2 aliphatic rings. The Kier molecular flexibility index (Phi) is 5.68. The summed E-state index contributed by atoms with van der Waals surface area (Å²) in [6.07, 6.45) is 2.23. The predicted octanol–water partition coefficient (Wildman–Crippen LogP) is 1.45. The number of nitrogens with zero attached hydrogens (tertiary/aromatic N) is 2. The highest BCUT2D eigenvalue weighted by Gasteiger charge is 2.20. The molecule has 132 valence electrons. The number of anilines is 1. The van der Waals surface area contributed by atoms with Gasteiger partial charge in [-0.25, -0.2) is 4.39 Å². The van der Waals surface area contributed by atoms with Crippen molar-refractivity contribution in [2.45, 2.75) is 25.8 Å². The van der Waals surface area contributed by atoms with Crippen molar-refractivity contribution in [3.05, 3.63) is 29.6 Å². The van der Waals surface area contributed by atoms with Crippen LogP contribution in [0.3, 0.4) is 0 Å². The van der Waals surface area contributed by atoms with E-state index in [0.717, 1.165) is 52.1 Å². The fraction of sp³-hybridized carbons (Fsp3) is 0.611. The molecule has 2 fully saturated rings. The Morgan fingerprint density at radius 2 is 2.12 bits per heavy atom. The number of hydrogen-bond donors (Lipinski definition) is 2. The van der Waals surface area contributed by atoms with E-state index in [1.807, 2.05) is 0 Å². The first-order valence-electron chi connectivity index (χ1n) is 8.96. The topological polar surface area (TPSA) is 47.6 Å². The van der Waals surface area contributed by atoms with Crippen molar-refractivity contribution >= 4 is 11.6 Å². The molecule has 1 aromatic carbocycles. The van der Waals surface area contributed by atoms with Gasteiger partial charge in [0.1, 0.15) is 5.82 Å². The molecular formula is C18H27FN4O. The Morgan fingerprint density at radius 1 is 1.33 bits per heavy atom. The largest absolute Gasteiger partial charge is 0.367 e. The van der Waals surface area contributed by atoms with E-state index < -0.39 is 0 Å². The second-order valence-electron chi connectivity index (χ2n) is 6.59. The van der Waals surface area contributed by atoms with Crippen LogP contribution in [0.25, 0.3) is 0 Å². The molecule has 2 N–H and O–H groups in total. The van der Waals surface area contributed by atoms with E-state index in [0.29, 0.717) is 23.8 Å². The number of nitrogens with one attached hydrogen (secondary N) is 2. The SMILES string of the molecule is CCN1CCN(c2ccc(C(=O)NCC3CCCN3)cc2F)CC1. The Hall–Kier alpha value is -1.66. The highest BCUT2D eigenvalue weighted by Crippen LogP contribution is 2.22. The molecule has 0 aromatic heterocycles. The van der Waals surface area contributed by atoms with Crippen LogP contribution in [-0.4, -0.2) is 62.7 Å². The summed E-state index contributed by atoms with van der Waals surface area (Å²) >= 11 is 0. The number of rotatable bonds is 5. The van der Waals surface area contributed by atoms with E-state index >= 15 is 0 Å². The van der Waals surface area contributed by atoms with E-state index in [-0.39, 0.29) is 11.7 Å². The molecule has 24 heavy (non-hydrogen) atoms. The summed E-state index contributed by atoms with van der Waals surface area (Å²) in [4.78, 5) is 16.6. The Morgan fingerprint density at radius 3 is 2.75 bits per heavy atom. The minimum atomic E-state index is -0.313. The van der Waals surface area contributed by atoms with Crippen LogP contribution < -0.4 is 15.5 Å². The first kappa shape index (κ1) is 17.2. The number of hydrogen-bond acceptors (Lipinski definition) is 4. The molecule has 0 radical (unpaired) electrons. The third kappa shape index (κ3) is 4.05. The number of likely N-dealkylation sites (N-methyl/N-ethyl adjacent to an activating group) is 1. The van der Waals surface area contributed by atoms with Crippen LogP contribution in [0.4, 0.5) is 10.1 Å². The minimum absolute atomic E-state index is 0.204. The summed E-state index contributed by atoms with van der Waals surface area (Å²) < 4.78 is 14.5. The van der Waals surface area contributed by atoms with Crippen LogP contribution in [0.1, 0.15) is 30.1 Å². The lowest BCUT2D eigenvalue weighted by molar-refractivity contribution is 0.0950. The smallest absolute Gasteiger partial charge is 0.251 e. The molecule has 0 aliphatic carbocycles. The average molecular weight is 334 g/mol. The Balaban J connectivity index is 1.58. The van der Waals surface area contributed by atoms with Gasteiger partial charge < -0.3 is 20.4 Å². The second-order valence-corrected chi connectivity index (χ2v) is 6.59. The van der Waals surface area contributed by atoms with E-state index in [4.69, 9.17) is 0 Å². The molecule has 2 saturated heterocycles. The number of carbonyl (C=O) groups excluding carboxylic acids is 1. The summed E-state index contributed by atoms with van der Waals surface area (Å²) in [5.74, 6) is -0.517. The molecule has 0 bridgehead atoms. The van der Waals surface area contributed by atoms with Gasteiger partial charge in [0.15, 0.2) is 0 Å². The van der Waals surface area contributed by atoms with Crippen molar-refractivity contribution in [2.24, 2.45) is 0 Å². The van der Waals surface area contributed by atoms with Gasteiger partial charge in [0.05, 0.1) is 5.69 Å². The maximum atomic E-state index is 14.5. The molecule has 2 aliphatic heterocycles. The van der Waals surface area contributed by atoms with Gasteiger partial charge in [-0.3, -0.25) is 4.79 Å². The number of amides is 1. The second kappa shape index (κ2) is 7.94. The van der Waals surface area contributed by atoms with E-state index in [9.17, 15) is 9.18 Å². The average Bonchev–Trinajstić information content (AvgIpc) is 3.13. The molecule has 1 amide bonds. The van der Waals surface area contributed by atoms with Gasteiger partial charge in [-0.1, -0.05) is 6.92 Å². The van der Waals surface area contributed by atoms with Crippen molar-refractivity contribution in [2.75, 3.05) is 50.7 Å². The molecule has 1 aromatic rings. The highest BCUT2D eigenvalue weighted by molar-refractivity contribution is 5.94. The van der Waals surface area contributed by atoms with Crippen molar-refractivity contribution in [3.63, 3.8) is 0 Å². The van der Waals surface area contributed by atoms with Crippen molar-refractivity contribution < 1.29 is 9.18 Å². The first-order valence-corrected chi connectivity index (χ1v) is 8.96. The first-order chi connectivity index (χ1) is 11.7. The lowest BCUT2D eigenvalue weighted by Crippen LogP contribution is -2.46. The van der Waals surface area contributed by atoms with Crippen LogP contribution in [0.15, 0.2) is 18.2 Å². The monoisotopic (exact) mass is 334 g/mol. The third-order valence-corrected chi connectivity index (χ3v) is 5.04. The summed E-state index contributed by atoms with van der Waals surface area (Å²) in [5.41, 5.74) is 0.987. The molecule has 3 rings (SSSR count). The summed E-state index contributed by atoms with van der Waals surface area (Å²) in [5, 5.41) is 6.23. The van der Waals surface area contributed by atoms with Gasteiger partial charge in [-0.2, -0.15) is 0 Å². The van der Waals surface area contributed by atoms with Crippen molar-refractivity contribution in [1.82, 2.24) is 15.5 Å². The summed E-state index contributed by atoms with van der Waals surface area (Å²) in [7, 11) is 0. The number of halogens is 1. The Bertz CT molecular complexity index is 566. The molecule has 0 spiro atoms. The van der Waals surface area contributed by atoms with Crippen LogP contribution >= 0.6 is 0 Å². The quantitative estimate of drug-likeness (QED) is 0.856. The van der Waals surface area contributed by atoms with Crippen LogP contribution in [-0.2, 0) is 0 Å². The van der Waals surface area contributed by atoms with Crippen molar-refractivity contribution in [1.29, 1.82) is 0 Å². The third-order valence-electron chi connectivity index (χ3n) is 5.04. The number of carbonyl (C=O) groups is 1. The van der Waals surface area contributed by atoms with Gasteiger partial charge in [0, 0.05) is 44.3 Å². The molecule has 5 nitrogen and oxygen atoms in total. The van der Waals surface area contributed by atoms with Crippen LogP contribution in [0.5, 0.6) is 0 Å². The molecule has 0 saturated carbocycles. The van der Waals surface area contributed by atoms with Crippen LogP contribution in [0, 0.1) is 5.82 Å². The molecule has 1 atom stereocenters. The van der Waals surface area contributed by atoms with E-state index in [1.54, 1.807) is 12.1 Å². The van der Waals surface area contributed by atoms with Gasteiger partial charge in [0.2, 0.25) is 0 Å². The van der Waals surface area contributed by atoms with E-state index in [2.05, 4.69) is 27.4 Å². The maximum absolute atomic E-state index is 14.5. The van der Waals surface area contributed by atoms with Gasteiger partial charge in [0.25, 0.3) is 5.91 Å². The highest BCUT2D eigenvalue weighted by atomic mass is 19.1. The maximum Gasteiger partial charge on any atom is 0.251 e. The standard InChI is InChI=1S/C18H27FN4O/c1-2-22-8-10-23(11-9-22)17-6-5-14(12-16(17)19)18(24)21-13-15-4-3-7-20-15/h5-6,12,15,20H,2-4,7-11,13H2,1H3,(H,21,24). The number of piperazine rings is 1. The molecule has 6 heteroatoms. The van der Waals surface area contributed by atoms with Gasteiger partial charge >= 0.3 is 0 Å². The zero-order valence-electron chi connectivity index (χ0n) is 14.4. The van der Waals surface area contributed by atoms with Gasteiger partial charge in [-0.15, -0.1) is 0 Å². The molecular weight excluding hydrogens is 307 g/mol. The zero-order valence-corrected chi connectivity index (χ0v) is 14.4. The lowest BCUT2D eigenvalue weighted by atomic mass is 10.1. The molecule has 1 unspecified atom stereocenters. The summed E-state index contributed by atoms with van der Waals surface area (Å²) in [6, 6.07) is 5.16. The van der Waals surface area contributed by atoms with Crippen molar-refractivity contribution in [3.8, 4) is 0 Å². The van der Waals surface area contributed by atoms with Crippen LogP contribution in [0.2, 0.25) is 0 Å². The Labute approximate surface area is 143 Å². The number of benzene rings is 1. The fourth-order valence-corrected chi connectivity index (χ4v) is 3.46. The summed E-state index contributed by atoms with van der Waals surface area (Å²) in [6.45, 7) is 8.33. The molecule has 2 heterocycles. The predicted molar refractivity (Wildman–Crippen MR) is 94.1 cm³/mol. The van der Waals surface area contributed by atoms with E-state index in [1.165, 1.54) is 6.07 Å². The normalized spacial score (nSPS) is 21.9. The fourth-order valence-electron chi connectivity index (χ4n) is 3.46.